The predicted molar refractivity (Wildman–Crippen MR) is 55.5 cm³/mol. The summed E-state index contributed by atoms with van der Waals surface area (Å²) in [5.41, 5.74) is 7.11. The van der Waals surface area contributed by atoms with E-state index in [1.165, 1.54) is 5.56 Å². The lowest BCUT2D eigenvalue weighted by atomic mass is 10.0. The first kappa shape index (κ1) is 10.3. The standard InChI is InChI=1S/C10H19N3/c1-8(11)6-10(13(2)3)9-4-5-12-7-9/h4-5,7-8,10,12H,6,11H2,1-3H3. The van der Waals surface area contributed by atoms with Gasteiger partial charge in [0.2, 0.25) is 0 Å². The van der Waals surface area contributed by atoms with Crippen LogP contribution in [-0.2, 0) is 0 Å². The molecule has 1 aromatic rings. The molecule has 0 aliphatic heterocycles. The van der Waals surface area contributed by atoms with Gasteiger partial charge < -0.3 is 15.6 Å². The molecule has 13 heavy (non-hydrogen) atoms. The Hall–Kier alpha value is -0.800. The third-order valence-corrected chi connectivity index (χ3v) is 2.23. The van der Waals surface area contributed by atoms with Crippen LogP contribution in [0.25, 0.3) is 0 Å². The van der Waals surface area contributed by atoms with Crippen molar-refractivity contribution in [1.82, 2.24) is 9.88 Å². The molecule has 0 aliphatic rings. The molecule has 0 saturated heterocycles. The molecule has 0 radical (unpaired) electrons. The number of nitrogens with one attached hydrogen (secondary N) is 1. The van der Waals surface area contributed by atoms with E-state index in [4.69, 9.17) is 5.73 Å². The number of nitrogens with two attached hydrogens (primary N) is 1. The van der Waals surface area contributed by atoms with Gasteiger partial charge in [0.25, 0.3) is 0 Å². The summed E-state index contributed by atoms with van der Waals surface area (Å²) in [4.78, 5) is 5.27. The molecule has 74 valence electrons. The van der Waals surface area contributed by atoms with Gasteiger partial charge in [-0.1, -0.05) is 0 Å². The number of aromatic nitrogens is 1. The third kappa shape index (κ3) is 2.86. The topological polar surface area (TPSA) is 45.1 Å². The predicted octanol–water partition coefficient (Wildman–Crippen LogP) is 1.35. The van der Waals surface area contributed by atoms with Crippen LogP contribution in [0, 0.1) is 0 Å². The lowest BCUT2D eigenvalue weighted by Crippen LogP contribution is -2.27. The second-order valence-electron chi connectivity index (χ2n) is 3.84. The maximum absolute atomic E-state index is 5.80. The number of H-pyrrole nitrogens is 1. The second kappa shape index (κ2) is 4.44. The molecule has 0 amide bonds. The molecule has 2 unspecified atom stereocenters. The van der Waals surface area contributed by atoms with Crippen LogP contribution in [0.15, 0.2) is 18.5 Å². The fourth-order valence-electron chi connectivity index (χ4n) is 1.54. The molecule has 0 aliphatic carbocycles. The molecule has 3 nitrogen and oxygen atoms in total. The van der Waals surface area contributed by atoms with E-state index < -0.39 is 0 Å². The Morgan fingerprint density at radius 3 is 2.62 bits per heavy atom. The van der Waals surface area contributed by atoms with E-state index in [1.54, 1.807) is 0 Å². The minimum atomic E-state index is 0.238. The fourth-order valence-corrected chi connectivity index (χ4v) is 1.54. The molecule has 1 heterocycles. The minimum Gasteiger partial charge on any atom is -0.367 e. The monoisotopic (exact) mass is 181 g/mol. The SMILES string of the molecule is CC(N)CC(c1cc[nH]c1)N(C)C. The third-order valence-electron chi connectivity index (χ3n) is 2.23. The number of nitrogens with zero attached hydrogens (tertiary/aromatic N) is 1. The maximum atomic E-state index is 5.80. The fraction of sp³-hybridized carbons (Fsp3) is 0.600. The van der Waals surface area contributed by atoms with Crippen LogP contribution in [0.5, 0.6) is 0 Å². The van der Waals surface area contributed by atoms with Crippen molar-refractivity contribution >= 4 is 0 Å². The number of aromatic amines is 1. The van der Waals surface area contributed by atoms with Crippen molar-refractivity contribution in [3.8, 4) is 0 Å². The molecule has 1 aromatic heterocycles. The van der Waals surface area contributed by atoms with E-state index >= 15 is 0 Å². The van der Waals surface area contributed by atoms with Crippen LogP contribution in [0.2, 0.25) is 0 Å². The largest absolute Gasteiger partial charge is 0.367 e. The van der Waals surface area contributed by atoms with Crippen LogP contribution in [-0.4, -0.2) is 30.0 Å². The van der Waals surface area contributed by atoms with Crippen LogP contribution < -0.4 is 5.73 Å². The first-order valence-corrected chi connectivity index (χ1v) is 4.66. The van der Waals surface area contributed by atoms with Crippen LogP contribution in [0.3, 0.4) is 0 Å². The minimum absolute atomic E-state index is 0.238. The molecule has 0 aromatic carbocycles. The van der Waals surface area contributed by atoms with E-state index in [0.717, 1.165) is 6.42 Å². The highest BCUT2D eigenvalue weighted by Gasteiger charge is 2.15. The Kier molecular flexibility index (Phi) is 3.51. The molecule has 2 atom stereocenters. The number of hydrogen-bond donors (Lipinski definition) is 2. The van der Waals surface area contributed by atoms with Crippen molar-refractivity contribution in [3.05, 3.63) is 24.0 Å². The summed E-state index contributed by atoms with van der Waals surface area (Å²) in [6.07, 6.45) is 4.98. The zero-order valence-corrected chi connectivity index (χ0v) is 8.62. The summed E-state index contributed by atoms with van der Waals surface area (Å²) in [6, 6.07) is 2.76. The Morgan fingerprint density at radius 1 is 1.54 bits per heavy atom. The average molecular weight is 181 g/mol. The van der Waals surface area contributed by atoms with E-state index in [0.29, 0.717) is 6.04 Å². The quantitative estimate of drug-likeness (QED) is 0.736. The molecule has 0 bridgehead atoms. The van der Waals surface area contributed by atoms with Gasteiger partial charge >= 0.3 is 0 Å². The van der Waals surface area contributed by atoms with Gasteiger partial charge in [-0.2, -0.15) is 0 Å². The maximum Gasteiger partial charge on any atom is 0.0371 e. The van der Waals surface area contributed by atoms with Gasteiger partial charge in [-0.15, -0.1) is 0 Å². The molecule has 0 fully saturated rings. The lowest BCUT2D eigenvalue weighted by Gasteiger charge is -2.25. The highest BCUT2D eigenvalue weighted by Crippen LogP contribution is 2.22. The van der Waals surface area contributed by atoms with E-state index in [2.05, 4.69) is 30.0 Å². The summed E-state index contributed by atoms with van der Waals surface area (Å²) in [6.45, 7) is 2.04. The summed E-state index contributed by atoms with van der Waals surface area (Å²) in [5, 5.41) is 0. The normalized spacial score (nSPS) is 16.1. The Balaban J connectivity index is 2.69. The van der Waals surface area contributed by atoms with E-state index in [-0.39, 0.29) is 6.04 Å². The van der Waals surface area contributed by atoms with E-state index in [1.807, 2.05) is 19.3 Å². The second-order valence-corrected chi connectivity index (χ2v) is 3.84. The van der Waals surface area contributed by atoms with Crippen molar-refractivity contribution < 1.29 is 0 Å². The molecular formula is C10H19N3. The van der Waals surface area contributed by atoms with Gasteiger partial charge in [0.15, 0.2) is 0 Å². The van der Waals surface area contributed by atoms with Crippen LogP contribution in [0.1, 0.15) is 24.9 Å². The van der Waals surface area contributed by atoms with Gasteiger partial charge in [0, 0.05) is 24.5 Å². The van der Waals surface area contributed by atoms with Gasteiger partial charge in [0.1, 0.15) is 0 Å². The summed E-state index contributed by atoms with van der Waals surface area (Å²) in [5.74, 6) is 0. The molecule has 0 saturated carbocycles. The van der Waals surface area contributed by atoms with Gasteiger partial charge in [-0.25, -0.2) is 0 Å². The van der Waals surface area contributed by atoms with Crippen molar-refractivity contribution in [2.24, 2.45) is 5.73 Å². The van der Waals surface area contributed by atoms with Crippen LogP contribution >= 0.6 is 0 Å². The zero-order valence-electron chi connectivity index (χ0n) is 8.62. The molecule has 1 rings (SSSR count). The zero-order chi connectivity index (χ0) is 9.84. The van der Waals surface area contributed by atoms with E-state index in [9.17, 15) is 0 Å². The van der Waals surface area contributed by atoms with Gasteiger partial charge in [-0.05, 0) is 39.1 Å². The van der Waals surface area contributed by atoms with Crippen molar-refractivity contribution in [2.75, 3.05) is 14.1 Å². The van der Waals surface area contributed by atoms with Crippen molar-refractivity contribution in [2.45, 2.75) is 25.4 Å². The number of hydrogen-bond acceptors (Lipinski definition) is 2. The molecular weight excluding hydrogens is 162 g/mol. The van der Waals surface area contributed by atoms with Crippen molar-refractivity contribution in [3.63, 3.8) is 0 Å². The Labute approximate surface area is 79.9 Å². The first-order chi connectivity index (χ1) is 6.11. The molecule has 3 heteroatoms. The first-order valence-electron chi connectivity index (χ1n) is 4.66. The van der Waals surface area contributed by atoms with Crippen LogP contribution in [0.4, 0.5) is 0 Å². The highest BCUT2D eigenvalue weighted by molar-refractivity contribution is 5.14. The summed E-state index contributed by atoms with van der Waals surface area (Å²) >= 11 is 0. The van der Waals surface area contributed by atoms with Crippen molar-refractivity contribution in [1.29, 1.82) is 0 Å². The molecule has 0 spiro atoms. The van der Waals surface area contributed by atoms with Gasteiger partial charge in [-0.3, -0.25) is 0 Å². The van der Waals surface area contributed by atoms with Gasteiger partial charge in [0.05, 0.1) is 0 Å². The lowest BCUT2D eigenvalue weighted by molar-refractivity contribution is 0.272. The highest BCUT2D eigenvalue weighted by atomic mass is 15.1. The smallest absolute Gasteiger partial charge is 0.0371 e. The average Bonchev–Trinajstić information content (AvgIpc) is 2.50. The summed E-state index contributed by atoms with van der Waals surface area (Å²) in [7, 11) is 4.17. The Morgan fingerprint density at radius 2 is 2.23 bits per heavy atom. The summed E-state index contributed by atoms with van der Waals surface area (Å²) < 4.78 is 0. The number of rotatable bonds is 4. The Bertz CT molecular complexity index is 226. The molecule has 3 N–H and O–H groups in total.